The van der Waals surface area contributed by atoms with E-state index in [9.17, 15) is 0 Å². The van der Waals surface area contributed by atoms with Crippen LogP contribution in [-0.2, 0) is 6.42 Å². The van der Waals surface area contributed by atoms with Gasteiger partial charge in [0, 0.05) is 16.1 Å². The minimum atomic E-state index is 0.819. The molecule has 1 N–H and O–H groups in total. The molecule has 0 unspecified atom stereocenters. The highest BCUT2D eigenvalue weighted by Gasteiger charge is 2.10. The minimum Gasteiger partial charge on any atom is -0.497 e. The fraction of sp³-hybridized carbons (Fsp3) is 0.600. The van der Waals surface area contributed by atoms with Crippen LogP contribution in [0.4, 0.5) is 0 Å². The van der Waals surface area contributed by atoms with Crippen LogP contribution in [0.3, 0.4) is 0 Å². The van der Waals surface area contributed by atoms with Crippen LogP contribution >= 0.6 is 15.9 Å². The maximum Gasteiger partial charge on any atom is 0.126 e. The number of rotatable bonds is 9. The van der Waals surface area contributed by atoms with Crippen LogP contribution in [0.5, 0.6) is 11.5 Å². The number of benzene rings is 1. The van der Waals surface area contributed by atoms with Gasteiger partial charge >= 0.3 is 0 Å². The quantitative estimate of drug-likeness (QED) is 0.699. The number of hydrogen-bond donors (Lipinski definition) is 1. The molecule has 0 atom stereocenters. The highest BCUT2D eigenvalue weighted by atomic mass is 79.9. The Labute approximate surface area is 124 Å². The van der Waals surface area contributed by atoms with Crippen molar-refractivity contribution in [3.63, 3.8) is 0 Å². The number of unbranched alkanes of at least 4 members (excludes halogenated alkanes) is 2. The zero-order valence-electron chi connectivity index (χ0n) is 12.1. The van der Waals surface area contributed by atoms with Crippen molar-refractivity contribution in [3.05, 3.63) is 22.2 Å². The normalized spacial score (nSPS) is 10.5. The fourth-order valence-electron chi connectivity index (χ4n) is 2.04. The van der Waals surface area contributed by atoms with Gasteiger partial charge in [0.15, 0.2) is 0 Å². The second-order valence-electron chi connectivity index (χ2n) is 4.45. The molecule has 0 saturated carbocycles. The van der Waals surface area contributed by atoms with Crippen molar-refractivity contribution in [1.29, 1.82) is 0 Å². The van der Waals surface area contributed by atoms with E-state index in [0.717, 1.165) is 35.5 Å². The van der Waals surface area contributed by atoms with E-state index in [1.54, 1.807) is 14.2 Å². The summed E-state index contributed by atoms with van der Waals surface area (Å²) in [6.45, 7) is 4.30. The standard InChI is InChI=1S/C15H24BrNO2/c1-4-17-9-7-5-6-8-13-14(16)10-12(18-2)11-15(13)19-3/h10-11,17H,4-9H2,1-3H3. The third-order valence-corrected chi connectivity index (χ3v) is 3.82. The van der Waals surface area contributed by atoms with Gasteiger partial charge in [-0.3, -0.25) is 0 Å². The lowest BCUT2D eigenvalue weighted by Crippen LogP contribution is -2.13. The number of hydrogen-bond acceptors (Lipinski definition) is 3. The van der Waals surface area contributed by atoms with Crippen molar-refractivity contribution in [2.45, 2.75) is 32.6 Å². The van der Waals surface area contributed by atoms with E-state index < -0.39 is 0 Å². The first kappa shape index (κ1) is 16.3. The van der Waals surface area contributed by atoms with E-state index in [-0.39, 0.29) is 0 Å². The van der Waals surface area contributed by atoms with E-state index >= 15 is 0 Å². The average Bonchev–Trinajstić information content (AvgIpc) is 2.43. The Hall–Kier alpha value is -0.740. The summed E-state index contributed by atoms with van der Waals surface area (Å²) in [5.74, 6) is 1.72. The zero-order chi connectivity index (χ0) is 14.1. The molecule has 0 bridgehead atoms. The van der Waals surface area contributed by atoms with Gasteiger partial charge in [0.2, 0.25) is 0 Å². The van der Waals surface area contributed by atoms with Gasteiger partial charge in [0.05, 0.1) is 14.2 Å². The second kappa shape index (κ2) is 9.21. The lowest BCUT2D eigenvalue weighted by molar-refractivity contribution is 0.390. The van der Waals surface area contributed by atoms with E-state index in [1.807, 2.05) is 12.1 Å². The van der Waals surface area contributed by atoms with Gasteiger partial charge in [0.25, 0.3) is 0 Å². The largest absolute Gasteiger partial charge is 0.497 e. The molecule has 0 radical (unpaired) electrons. The Bertz CT molecular complexity index is 383. The molecule has 3 nitrogen and oxygen atoms in total. The molecule has 0 aliphatic carbocycles. The molecule has 19 heavy (non-hydrogen) atoms. The minimum absolute atomic E-state index is 0.819. The van der Waals surface area contributed by atoms with Gasteiger partial charge in [0.1, 0.15) is 11.5 Å². The molecule has 1 rings (SSSR count). The molecule has 0 aliphatic heterocycles. The van der Waals surface area contributed by atoms with Gasteiger partial charge in [-0.05, 0) is 38.4 Å². The first-order valence-corrected chi connectivity index (χ1v) is 7.63. The van der Waals surface area contributed by atoms with Gasteiger partial charge in [-0.15, -0.1) is 0 Å². The number of methoxy groups -OCH3 is 2. The Morgan fingerprint density at radius 1 is 1.11 bits per heavy atom. The Morgan fingerprint density at radius 2 is 1.89 bits per heavy atom. The van der Waals surface area contributed by atoms with Gasteiger partial charge < -0.3 is 14.8 Å². The number of halogens is 1. The summed E-state index contributed by atoms with van der Waals surface area (Å²) in [5.41, 5.74) is 1.23. The summed E-state index contributed by atoms with van der Waals surface area (Å²) in [5, 5.41) is 3.35. The summed E-state index contributed by atoms with van der Waals surface area (Å²) in [7, 11) is 3.37. The highest BCUT2D eigenvalue weighted by molar-refractivity contribution is 9.10. The topological polar surface area (TPSA) is 30.5 Å². The first-order chi connectivity index (χ1) is 9.22. The molecule has 1 aromatic carbocycles. The van der Waals surface area contributed by atoms with Crippen LogP contribution in [0.15, 0.2) is 16.6 Å². The highest BCUT2D eigenvalue weighted by Crippen LogP contribution is 2.33. The van der Waals surface area contributed by atoms with Gasteiger partial charge in [-0.25, -0.2) is 0 Å². The Kier molecular flexibility index (Phi) is 7.91. The summed E-state index contributed by atoms with van der Waals surface area (Å²) in [6.07, 6.45) is 4.66. The Morgan fingerprint density at radius 3 is 2.53 bits per heavy atom. The number of nitrogens with one attached hydrogen (secondary N) is 1. The van der Waals surface area contributed by atoms with E-state index in [1.165, 1.54) is 24.8 Å². The zero-order valence-corrected chi connectivity index (χ0v) is 13.7. The lowest BCUT2D eigenvalue weighted by atomic mass is 10.1. The predicted molar refractivity (Wildman–Crippen MR) is 83.3 cm³/mol. The SMILES string of the molecule is CCNCCCCCc1c(Br)cc(OC)cc1OC. The van der Waals surface area contributed by atoms with Crippen LogP contribution in [0.2, 0.25) is 0 Å². The van der Waals surface area contributed by atoms with Crippen molar-refractivity contribution in [1.82, 2.24) is 5.32 Å². The van der Waals surface area contributed by atoms with Crippen molar-refractivity contribution in [2.24, 2.45) is 0 Å². The van der Waals surface area contributed by atoms with E-state index in [2.05, 4.69) is 28.2 Å². The maximum absolute atomic E-state index is 5.44. The van der Waals surface area contributed by atoms with Crippen LogP contribution in [-0.4, -0.2) is 27.3 Å². The third kappa shape index (κ3) is 5.41. The molecule has 0 heterocycles. The molecule has 0 aliphatic rings. The molecule has 0 amide bonds. The van der Waals surface area contributed by atoms with Gasteiger partial charge in [-0.1, -0.05) is 29.3 Å². The van der Waals surface area contributed by atoms with Crippen molar-refractivity contribution in [2.75, 3.05) is 27.3 Å². The van der Waals surface area contributed by atoms with Crippen LogP contribution in [0.25, 0.3) is 0 Å². The third-order valence-electron chi connectivity index (χ3n) is 3.11. The van der Waals surface area contributed by atoms with Crippen molar-refractivity contribution >= 4 is 15.9 Å². The average molecular weight is 330 g/mol. The lowest BCUT2D eigenvalue weighted by Gasteiger charge is -2.12. The van der Waals surface area contributed by atoms with E-state index in [4.69, 9.17) is 9.47 Å². The molecule has 0 spiro atoms. The molecule has 108 valence electrons. The Balaban J connectivity index is 2.52. The molecule has 4 heteroatoms. The smallest absolute Gasteiger partial charge is 0.126 e. The number of ether oxygens (including phenoxy) is 2. The van der Waals surface area contributed by atoms with Crippen molar-refractivity contribution < 1.29 is 9.47 Å². The molecular weight excluding hydrogens is 306 g/mol. The van der Waals surface area contributed by atoms with Gasteiger partial charge in [-0.2, -0.15) is 0 Å². The molecule has 0 saturated heterocycles. The fourth-order valence-corrected chi connectivity index (χ4v) is 2.65. The van der Waals surface area contributed by atoms with Crippen LogP contribution in [0.1, 0.15) is 31.7 Å². The summed E-state index contributed by atoms with van der Waals surface area (Å²) in [6, 6.07) is 3.94. The molecule has 0 fully saturated rings. The summed E-state index contributed by atoms with van der Waals surface area (Å²) in [4.78, 5) is 0. The predicted octanol–water partition coefficient (Wildman–Crippen LogP) is 3.79. The maximum atomic E-state index is 5.44. The second-order valence-corrected chi connectivity index (χ2v) is 5.31. The monoisotopic (exact) mass is 329 g/mol. The van der Waals surface area contributed by atoms with E-state index in [0.29, 0.717) is 0 Å². The van der Waals surface area contributed by atoms with Crippen LogP contribution < -0.4 is 14.8 Å². The summed E-state index contributed by atoms with van der Waals surface area (Å²) < 4.78 is 11.8. The van der Waals surface area contributed by atoms with Crippen molar-refractivity contribution in [3.8, 4) is 11.5 Å². The van der Waals surface area contributed by atoms with Crippen LogP contribution in [0, 0.1) is 0 Å². The molecular formula is C15H24BrNO2. The summed E-state index contributed by atoms with van der Waals surface area (Å²) >= 11 is 3.60. The first-order valence-electron chi connectivity index (χ1n) is 6.84. The molecule has 0 aromatic heterocycles. The molecule has 1 aromatic rings.